The molecule has 0 saturated carbocycles. The Morgan fingerprint density at radius 2 is 1.86 bits per heavy atom. The van der Waals surface area contributed by atoms with Crippen molar-refractivity contribution < 1.29 is 4.92 Å². The molecule has 0 aromatic heterocycles. The number of hydrogen-bond acceptors (Lipinski definition) is 3. The second kappa shape index (κ2) is 5.28. The second-order valence-electron chi connectivity index (χ2n) is 5.22. The van der Waals surface area contributed by atoms with Gasteiger partial charge in [0.2, 0.25) is 0 Å². The quantitative estimate of drug-likeness (QED) is 0.593. The molecule has 0 aliphatic heterocycles. The Labute approximate surface area is 137 Å². The summed E-state index contributed by atoms with van der Waals surface area (Å²) in [4.78, 5) is 10.4. The first-order chi connectivity index (χ1) is 10.5. The Morgan fingerprint density at radius 3 is 2.45 bits per heavy atom. The molecule has 0 amide bonds. The average molecular weight is 333 g/mol. The van der Waals surface area contributed by atoms with E-state index >= 15 is 0 Å². The van der Waals surface area contributed by atoms with Gasteiger partial charge in [-0.05, 0) is 24.0 Å². The van der Waals surface area contributed by atoms with E-state index in [1.54, 1.807) is 0 Å². The maximum Gasteiger partial charge on any atom is 0.272 e. The van der Waals surface area contributed by atoms with Crippen molar-refractivity contribution in [2.24, 2.45) is 0 Å². The largest absolute Gasteiger partial charge is 0.272 e. The number of benzene rings is 2. The van der Waals surface area contributed by atoms with Crippen LogP contribution in [0.2, 0.25) is 10.0 Å². The number of non-ortho nitro benzene ring substituents is 1. The van der Waals surface area contributed by atoms with Gasteiger partial charge in [-0.1, -0.05) is 47.5 Å². The zero-order valence-electron chi connectivity index (χ0n) is 11.3. The van der Waals surface area contributed by atoms with E-state index in [-0.39, 0.29) is 15.7 Å². The number of nitro benzene ring substituents is 1. The minimum Gasteiger partial charge on any atom is -0.258 e. The predicted molar refractivity (Wildman–Crippen MR) is 84.3 cm³/mol. The molecule has 6 heteroatoms. The number of nitriles is 1. The molecule has 110 valence electrons. The van der Waals surface area contributed by atoms with Crippen LogP contribution in [0.3, 0.4) is 0 Å². The van der Waals surface area contributed by atoms with Crippen molar-refractivity contribution in [3.8, 4) is 6.07 Å². The lowest BCUT2D eigenvalue weighted by atomic mass is 9.76. The minimum atomic E-state index is -0.958. The van der Waals surface area contributed by atoms with Crippen molar-refractivity contribution in [3.05, 3.63) is 73.2 Å². The Kier molecular flexibility index (Phi) is 3.56. The van der Waals surface area contributed by atoms with Crippen LogP contribution in [0.5, 0.6) is 0 Å². The van der Waals surface area contributed by atoms with E-state index in [1.165, 1.54) is 12.1 Å². The van der Waals surface area contributed by atoms with E-state index in [0.717, 1.165) is 17.5 Å². The molecule has 1 unspecified atom stereocenters. The zero-order valence-corrected chi connectivity index (χ0v) is 12.9. The molecule has 0 bridgehead atoms. The normalized spacial score (nSPS) is 19.5. The Morgan fingerprint density at radius 1 is 1.23 bits per heavy atom. The van der Waals surface area contributed by atoms with E-state index in [1.807, 2.05) is 24.3 Å². The van der Waals surface area contributed by atoms with Gasteiger partial charge in [-0.3, -0.25) is 10.1 Å². The molecule has 1 aliphatic rings. The van der Waals surface area contributed by atoms with Gasteiger partial charge in [0.1, 0.15) is 5.41 Å². The zero-order chi connectivity index (χ0) is 15.9. The SMILES string of the molecule is N#CC1(c2c(Cl)cc([N+](=O)[O-])cc2Cl)CCc2ccccc21. The van der Waals surface area contributed by atoms with E-state index in [0.29, 0.717) is 12.0 Å². The highest BCUT2D eigenvalue weighted by atomic mass is 35.5. The highest BCUT2D eigenvalue weighted by molar-refractivity contribution is 6.36. The van der Waals surface area contributed by atoms with Crippen molar-refractivity contribution in [2.45, 2.75) is 18.3 Å². The summed E-state index contributed by atoms with van der Waals surface area (Å²) in [5, 5.41) is 21.1. The molecule has 4 nitrogen and oxygen atoms in total. The molecule has 3 rings (SSSR count). The number of halogens is 2. The average Bonchev–Trinajstić information content (AvgIpc) is 2.86. The molecule has 0 radical (unpaired) electrons. The lowest BCUT2D eigenvalue weighted by molar-refractivity contribution is -0.384. The van der Waals surface area contributed by atoms with Crippen LogP contribution >= 0.6 is 23.2 Å². The maximum atomic E-state index is 10.9. The number of nitrogens with zero attached hydrogens (tertiary/aromatic N) is 2. The molecule has 2 aromatic rings. The first-order valence-electron chi connectivity index (χ1n) is 6.63. The standard InChI is InChI=1S/C16H10Cl2N2O2/c17-13-7-11(20(21)22)8-14(18)15(13)16(9-19)6-5-10-3-1-2-4-12(10)16/h1-4,7-8H,5-6H2. The maximum absolute atomic E-state index is 10.9. The fraction of sp³-hybridized carbons (Fsp3) is 0.188. The molecule has 22 heavy (non-hydrogen) atoms. The van der Waals surface area contributed by atoms with Crippen molar-refractivity contribution in [3.63, 3.8) is 0 Å². The summed E-state index contributed by atoms with van der Waals surface area (Å²) < 4.78 is 0. The molecule has 0 heterocycles. The topological polar surface area (TPSA) is 66.9 Å². The van der Waals surface area contributed by atoms with E-state index in [4.69, 9.17) is 23.2 Å². The molecule has 0 N–H and O–H groups in total. The highest BCUT2D eigenvalue weighted by Crippen LogP contribution is 2.49. The molecule has 0 saturated heterocycles. The van der Waals surface area contributed by atoms with Crippen LogP contribution in [0.25, 0.3) is 0 Å². The van der Waals surface area contributed by atoms with Crippen molar-refractivity contribution in [2.75, 3.05) is 0 Å². The molecule has 1 aliphatic carbocycles. The van der Waals surface area contributed by atoms with Gasteiger partial charge >= 0.3 is 0 Å². The van der Waals surface area contributed by atoms with Gasteiger partial charge in [-0.2, -0.15) is 5.26 Å². The second-order valence-corrected chi connectivity index (χ2v) is 6.03. The fourth-order valence-corrected chi connectivity index (χ4v) is 3.91. The van der Waals surface area contributed by atoms with Crippen molar-refractivity contribution in [1.82, 2.24) is 0 Å². The first kappa shape index (κ1) is 14.8. The summed E-state index contributed by atoms with van der Waals surface area (Å²) in [5.74, 6) is 0. The Balaban J connectivity index is 2.27. The van der Waals surface area contributed by atoms with E-state index in [2.05, 4.69) is 6.07 Å². The van der Waals surface area contributed by atoms with Gasteiger partial charge in [0.25, 0.3) is 5.69 Å². The summed E-state index contributed by atoms with van der Waals surface area (Å²) in [6.45, 7) is 0. The molecule has 0 fully saturated rings. The number of fused-ring (bicyclic) bond motifs is 1. The summed E-state index contributed by atoms with van der Waals surface area (Å²) in [6, 6.07) is 12.5. The van der Waals surface area contributed by atoms with Gasteiger partial charge < -0.3 is 0 Å². The third kappa shape index (κ3) is 2.06. The van der Waals surface area contributed by atoms with Crippen LogP contribution in [0.1, 0.15) is 23.1 Å². The van der Waals surface area contributed by atoms with Crippen LogP contribution in [-0.2, 0) is 11.8 Å². The lowest BCUT2D eigenvalue weighted by Gasteiger charge is -2.25. The van der Waals surface area contributed by atoms with Gasteiger partial charge in [0.05, 0.1) is 21.0 Å². The van der Waals surface area contributed by atoms with Crippen LogP contribution in [0, 0.1) is 21.4 Å². The predicted octanol–water partition coefficient (Wildman–Crippen LogP) is 4.66. The number of aryl methyl sites for hydroxylation is 1. The third-order valence-corrected chi connectivity index (χ3v) is 4.70. The molecular weight excluding hydrogens is 323 g/mol. The van der Waals surface area contributed by atoms with Gasteiger partial charge in [-0.15, -0.1) is 0 Å². The Bertz CT molecular complexity index is 806. The van der Waals surface area contributed by atoms with Crippen molar-refractivity contribution >= 4 is 28.9 Å². The van der Waals surface area contributed by atoms with Crippen LogP contribution in [0.15, 0.2) is 36.4 Å². The summed E-state index contributed by atoms with van der Waals surface area (Å²) in [7, 11) is 0. The lowest BCUT2D eigenvalue weighted by Crippen LogP contribution is -2.23. The summed E-state index contributed by atoms with van der Waals surface area (Å²) in [6.07, 6.45) is 1.30. The minimum absolute atomic E-state index is 0.150. The number of nitro groups is 1. The van der Waals surface area contributed by atoms with Crippen molar-refractivity contribution in [1.29, 1.82) is 5.26 Å². The van der Waals surface area contributed by atoms with Gasteiger partial charge in [0.15, 0.2) is 0 Å². The smallest absolute Gasteiger partial charge is 0.258 e. The van der Waals surface area contributed by atoms with Gasteiger partial charge in [-0.25, -0.2) is 0 Å². The molecule has 2 aromatic carbocycles. The van der Waals surface area contributed by atoms with E-state index < -0.39 is 10.3 Å². The fourth-order valence-electron chi connectivity index (χ4n) is 3.12. The molecule has 1 atom stereocenters. The van der Waals surface area contributed by atoms with Crippen LogP contribution < -0.4 is 0 Å². The first-order valence-corrected chi connectivity index (χ1v) is 7.39. The third-order valence-electron chi connectivity index (χ3n) is 4.10. The molecular formula is C16H10Cl2N2O2. The summed E-state index contributed by atoms with van der Waals surface area (Å²) >= 11 is 12.5. The number of hydrogen-bond donors (Lipinski definition) is 0. The highest BCUT2D eigenvalue weighted by Gasteiger charge is 2.43. The van der Waals surface area contributed by atoms with Crippen LogP contribution in [-0.4, -0.2) is 4.92 Å². The monoisotopic (exact) mass is 332 g/mol. The van der Waals surface area contributed by atoms with Crippen LogP contribution in [0.4, 0.5) is 5.69 Å². The van der Waals surface area contributed by atoms with E-state index in [9.17, 15) is 15.4 Å². The van der Waals surface area contributed by atoms with Gasteiger partial charge in [0, 0.05) is 17.7 Å². The summed E-state index contributed by atoms with van der Waals surface area (Å²) in [5.41, 5.74) is 1.26. The molecule has 0 spiro atoms. The number of rotatable bonds is 2. The Hall–Kier alpha value is -2.09.